The maximum atomic E-state index is 12.7. The molecular formula is C17H22ClN5O3. The summed E-state index contributed by atoms with van der Waals surface area (Å²) in [6.45, 7) is 0.926. The van der Waals surface area contributed by atoms with Crippen molar-refractivity contribution in [3.05, 3.63) is 35.0 Å². The second-order valence-electron chi connectivity index (χ2n) is 5.37. The number of ether oxygens (including phenoxy) is 2. The molecule has 0 bridgehead atoms. The number of benzene rings is 1. The SMILES string of the molecule is CNc1nc(Nc2cccc(C(=O)N(C)CCOC)c2OC)ncc1Cl. The van der Waals surface area contributed by atoms with Gasteiger partial charge in [-0.25, -0.2) is 4.98 Å². The third-order valence-electron chi connectivity index (χ3n) is 3.65. The molecule has 0 spiro atoms. The monoisotopic (exact) mass is 379 g/mol. The lowest BCUT2D eigenvalue weighted by Crippen LogP contribution is -2.30. The molecule has 0 atom stereocenters. The highest BCUT2D eigenvalue weighted by molar-refractivity contribution is 6.32. The molecule has 8 nitrogen and oxygen atoms in total. The van der Waals surface area contributed by atoms with Gasteiger partial charge in [-0.3, -0.25) is 4.79 Å². The van der Waals surface area contributed by atoms with Crippen molar-refractivity contribution in [1.29, 1.82) is 0 Å². The minimum Gasteiger partial charge on any atom is -0.494 e. The van der Waals surface area contributed by atoms with Crippen LogP contribution in [0.2, 0.25) is 5.02 Å². The van der Waals surface area contributed by atoms with E-state index in [-0.39, 0.29) is 5.91 Å². The molecule has 0 fully saturated rings. The van der Waals surface area contributed by atoms with E-state index in [1.807, 2.05) is 0 Å². The third-order valence-corrected chi connectivity index (χ3v) is 3.93. The predicted molar refractivity (Wildman–Crippen MR) is 102 cm³/mol. The summed E-state index contributed by atoms with van der Waals surface area (Å²) in [4.78, 5) is 22.7. The number of hydrogen-bond acceptors (Lipinski definition) is 7. The van der Waals surface area contributed by atoms with Crippen molar-refractivity contribution in [2.24, 2.45) is 0 Å². The van der Waals surface area contributed by atoms with Gasteiger partial charge in [0.05, 0.1) is 31.2 Å². The van der Waals surface area contributed by atoms with E-state index in [0.717, 1.165) is 0 Å². The minimum absolute atomic E-state index is 0.171. The van der Waals surface area contributed by atoms with E-state index in [1.54, 1.807) is 44.3 Å². The van der Waals surface area contributed by atoms with Gasteiger partial charge < -0.3 is 25.0 Å². The molecule has 0 saturated carbocycles. The number of nitrogens with one attached hydrogen (secondary N) is 2. The minimum atomic E-state index is -0.171. The van der Waals surface area contributed by atoms with Gasteiger partial charge in [0.2, 0.25) is 5.95 Å². The number of amides is 1. The van der Waals surface area contributed by atoms with Crippen LogP contribution in [0.3, 0.4) is 0 Å². The lowest BCUT2D eigenvalue weighted by Gasteiger charge is -2.20. The van der Waals surface area contributed by atoms with Gasteiger partial charge in [0.15, 0.2) is 5.75 Å². The zero-order valence-electron chi connectivity index (χ0n) is 15.2. The molecule has 140 valence electrons. The van der Waals surface area contributed by atoms with Crippen LogP contribution in [0.1, 0.15) is 10.4 Å². The average Bonchev–Trinajstić information content (AvgIpc) is 2.66. The van der Waals surface area contributed by atoms with Crippen molar-refractivity contribution in [3.8, 4) is 5.75 Å². The van der Waals surface area contributed by atoms with Crippen LogP contribution in [-0.2, 0) is 4.74 Å². The van der Waals surface area contributed by atoms with Crippen LogP contribution in [0.5, 0.6) is 5.75 Å². The Kier molecular flexibility index (Phi) is 6.99. The van der Waals surface area contributed by atoms with Gasteiger partial charge in [-0.1, -0.05) is 17.7 Å². The van der Waals surface area contributed by atoms with E-state index in [0.29, 0.717) is 46.9 Å². The molecule has 1 aromatic heterocycles. The molecule has 2 N–H and O–H groups in total. The number of para-hydroxylation sites is 1. The topological polar surface area (TPSA) is 88.6 Å². The standard InChI is InChI=1S/C17H22ClN5O3/c1-19-15-12(18)10-20-17(22-15)21-13-7-5-6-11(14(13)26-4)16(24)23(2)8-9-25-3/h5-7,10H,8-9H2,1-4H3,(H2,19,20,21,22). The average molecular weight is 380 g/mol. The summed E-state index contributed by atoms with van der Waals surface area (Å²) in [7, 11) is 6.53. The Labute approximate surface area is 157 Å². The molecule has 1 aromatic carbocycles. The number of carbonyl (C=O) groups excluding carboxylic acids is 1. The van der Waals surface area contributed by atoms with Gasteiger partial charge in [-0.15, -0.1) is 0 Å². The second-order valence-corrected chi connectivity index (χ2v) is 5.78. The number of anilines is 3. The Morgan fingerprint density at radius 1 is 1.35 bits per heavy atom. The molecule has 2 aromatic rings. The molecule has 0 aliphatic rings. The zero-order chi connectivity index (χ0) is 19.1. The van der Waals surface area contributed by atoms with E-state index in [2.05, 4.69) is 20.6 Å². The fraction of sp³-hybridized carbons (Fsp3) is 0.353. The predicted octanol–water partition coefficient (Wildman–Crippen LogP) is 2.64. The third kappa shape index (κ3) is 4.53. The van der Waals surface area contributed by atoms with Crippen LogP contribution in [0.4, 0.5) is 17.5 Å². The first-order chi connectivity index (χ1) is 12.5. The van der Waals surface area contributed by atoms with Crippen molar-refractivity contribution in [2.45, 2.75) is 0 Å². The Balaban J connectivity index is 2.31. The Morgan fingerprint density at radius 2 is 2.12 bits per heavy atom. The maximum Gasteiger partial charge on any atom is 0.257 e. The maximum absolute atomic E-state index is 12.7. The lowest BCUT2D eigenvalue weighted by atomic mass is 10.1. The molecule has 26 heavy (non-hydrogen) atoms. The molecule has 0 unspecified atom stereocenters. The van der Waals surface area contributed by atoms with Crippen molar-refractivity contribution in [3.63, 3.8) is 0 Å². The number of aromatic nitrogens is 2. The van der Waals surface area contributed by atoms with Gasteiger partial charge in [0.25, 0.3) is 5.91 Å². The van der Waals surface area contributed by atoms with E-state index in [9.17, 15) is 4.79 Å². The summed E-state index contributed by atoms with van der Waals surface area (Å²) < 4.78 is 10.5. The number of halogens is 1. The normalized spacial score (nSPS) is 10.3. The van der Waals surface area contributed by atoms with Gasteiger partial charge in [0, 0.05) is 27.7 Å². The summed E-state index contributed by atoms with van der Waals surface area (Å²) in [5.41, 5.74) is 1.00. The molecular weight excluding hydrogens is 358 g/mol. The Hall–Kier alpha value is -2.58. The van der Waals surface area contributed by atoms with Crippen LogP contribution >= 0.6 is 11.6 Å². The highest BCUT2D eigenvalue weighted by Crippen LogP contribution is 2.32. The number of likely N-dealkylation sites (N-methyl/N-ethyl adjacent to an activating group) is 1. The summed E-state index contributed by atoms with van der Waals surface area (Å²) >= 11 is 6.00. The van der Waals surface area contributed by atoms with Crippen LogP contribution in [0.15, 0.2) is 24.4 Å². The number of hydrogen-bond donors (Lipinski definition) is 2. The van der Waals surface area contributed by atoms with Crippen LogP contribution in [0, 0.1) is 0 Å². The quantitative estimate of drug-likeness (QED) is 0.728. The fourth-order valence-electron chi connectivity index (χ4n) is 2.28. The summed E-state index contributed by atoms with van der Waals surface area (Å²) in [6.07, 6.45) is 1.49. The van der Waals surface area contributed by atoms with E-state index < -0.39 is 0 Å². The van der Waals surface area contributed by atoms with Crippen molar-refractivity contribution < 1.29 is 14.3 Å². The lowest BCUT2D eigenvalue weighted by molar-refractivity contribution is 0.0741. The molecule has 9 heteroatoms. The molecule has 0 aliphatic carbocycles. The molecule has 1 heterocycles. The van der Waals surface area contributed by atoms with Crippen molar-refractivity contribution >= 4 is 35.0 Å². The summed E-state index contributed by atoms with van der Waals surface area (Å²) in [5.74, 6) is 1.06. The van der Waals surface area contributed by atoms with Crippen LogP contribution in [0.25, 0.3) is 0 Å². The first-order valence-electron chi connectivity index (χ1n) is 7.90. The molecule has 0 radical (unpaired) electrons. The van der Waals surface area contributed by atoms with Crippen molar-refractivity contribution in [2.75, 3.05) is 52.1 Å². The number of nitrogens with zero attached hydrogens (tertiary/aromatic N) is 3. The largest absolute Gasteiger partial charge is 0.494 e. The van der Waals surface area contributed by atoms with Gasteiger partial charge >= 0.3 is 0 Å². The Morgan fingerprint density at radius 3 is 2.77 bits per heavy atom. The fourth-order valence-corrected chi connectivity index (χ4v) is 2.47. The second kappa shape index (κ2) is 9.21. The van der Waals surface area contributed by atoms with Gasteiger partial charge in [-0.05, 0) is 12.1 Å². The van der Waals surface area contributed by atoms with Gasteiger partial charge in [-0.2, -0.15) is 4.98 Å². The van der Waals surface area contributed by atoms with E-state index >= 15 is 0 Å². The molecule has 2 rings (SSSR count). The van der Waals surface area contributed by atoms with Crippen molar-refractivity contribution in [1.82, 2.24) is 14.9 Å². The van der Waals surface area contributed by atoms with Gasteiger partial charge in [0.1, 0.15) is 10.8 Å². The summed E-state index contributed by atoms with van der Waals surface area (Å²) in [5, 5.41) is 6.36. The van der Waals surface area contributed by atoms with Crippen LogP contribution < -0.4 is 15.4 Å². The highest BCUT2D eigenvalue weighted by atomic mass is 35.5. The number of rotatable bonds is 8. The molecule has 1 amide bonds. The van der Waals surface area contributed by atoms with Crippen LogP contribution in [-0.4, -0.2) is 62.2 Å². The summed E-state index contributed by atoms with van der Waals surface area (Å²) in [6, 6.07) is 5.25. The Bertz CT molecular complexity index is 772. The zero-order valence-corrected chi connectivity index (χ0v) is 15.9. The number of methoxy groups -OCH3 is 2. The first kappa shape index (κ1) is 19.7. The highest BCUT2D eigenvalue weighted by Gasteiger charge is 2.19. The number of carbonyl (C=O) groups is 1. The smallest absolute Gasteiger partial charge is 0.257 e. The van der Waals surface area contributed by atoms with E-state index in [4.69, 9.17) is 21.1 Å². The van der Waals surface area contributed by atoms with E-state index in [1.165, 1.54) is 13.3 Å². The first-order valence-corrected chi connectivity index (χ1v) is 8.28. The molecule has 0 saturated heterocycles. The molecule has 0 aliphatic heterocycles.